The van der Waals surface area contributed by atoms with Crippen molar-refractivity contribution in [1.82, 2.24) is 0 Å². The molecule has 1 aliphatic carbocycles. The third-order valence-electron chi connectivity index (χ3n) is 6.02. The third kappa shape index (κ3) is 3.84. The number of methoxy groups -OCH3 is 3. The Labute approximate surface area is 194 Å². The summed E-state index contributed by atoms with van der Waals surface area (Å²) in [6.07, 6.45) is 0.599. The predicted molar refractivity (Wildman–Crippen MR) is 128 cm³/mol. The van der Waals surface area contributed by atoms with Crippen molar-refractivity contribution in [3.8, 4) is 17.2 Å². The van der Waals surface area contributed by atoms with Gasteiger partial charge < -0.3 is 18.9 Å². The van der Waals surface area contributed by atoms with Gasteiger partial charge in [-0.25, -0.2) is 0 Å². The molecule has 1 aliphatic rings. The molecule has 3 aromatic carbocycles. The highest BCUT2D eigenvalue weighted by Gasteiger charge is 2.64. The standard InChI is InChI=1S/C28H28O5/c1-5-33-27(29)28(26-23(31-3)17-21(30-2)18-24(26)32-4)22(16-19-12-8-6-9-13-19)25(28)20-14-10-7-11-15-20/h6-15,17-18H,5,16H2,1-4H3. The van der Waals surface area contributed by atoms with E-state index in [-0.39, 0.29) is 12.6 Å². The SMILES string of the molecule is CCOC(=O)C1(c2c(OC)cc(OC)cc2OC)C(Cc2ccccc2)=C1c1ccccc1. The Kier molecular flexibility index (Phi) is 6.40. The summed E-state index contributed by atoms with van der Waals surface area (Å²) in [5, 5.41) is 0. The third-order valence-corrected chi connectivity index (χ3v) is 6.02. The molecule has 5 nitrogen and oxygen atoms in total. The molecular weight excluding hydrogens is 416 g/mol. The molecule has 0 spiro atoms. The summed E-state index contributed by atoms with van der Waals surface area (Å²) in [7, 11) is 4.75. The van der Waals surface area contributed by atoms with Gasteiger partial charge in [-0.2, -0.15) is 0 Å². The maximum Gasteiger partial charge on any atom is 0.325 e. The minimum Gasteiger partial charge on any atom is -0.496 e. The fourth-order valence-electron chi connectivity index (χ4n) is 4.57. The summed E-state index contributed by atoms with van der Waals surface area (Å²) >= 11 is 0. The summed E-state index contributed by atoms with van der Waals surface area (Å²) in [6, 6.07) is 23.6. The fraction of sp³-hybridized carbons (Fsp3) is 0.250. The zero-order valence-electron chi connectivity index (χ0n) is 19.4. The maximum absolute atomic E-state index is 13.8. The van der Waals surface area contributed by atoms with E-state index in [0.717, 1.165) is 22.3 Å². The van der Waals surface area contributed by atoms with Crippen molar-refractivity contribution in [3.05, 3.63) is 95.1 Å². The highest BCUT2D eigenvalue weighted by atomic mass is 16.5. The topological polar surface area (TPSA) is 54.0 Å². The highest BCUT2D eigenvalue weighted by molar-refractivity contribution is 6.16. The molecule has 4 rings (SSSR count). The molecule has 1 unspecified atom stereocenters. The lowest BCUT2D eigenvalue weighted by Gasteiger charge is -2.25. The lowest BCUT2D eigenvalue weighted by molar-refractivity contribution is -0.145. The van der Waals surface area contributed by atoms with Crippen LogP contribution in [-0.4, -0.2) is 33.9 Å². The summed E-state index contributed by atoms with van der Waals surface area (Å²) in [5.41, 5.74) is 3.50. The number of carbonyl (C=O) groups is 1. The van der Waals surface area contributed by atoms with Crippen LogP contribution in [0.25, 0.3) is 5.57 Å². The molecule has 170 valence electrons. The van der Waals surface area contributed by atoms with Crippen LogP contribution in [0.3, 0.4) is 0 Å². The van der Waals surface area contributed by atoms with Gasteiger partial charge in [0.05, 0.1) is 33.5 Å². The predicted octanol–water partition coefficient (Wildman–Crippen LogP) is 5.22. The Morgan fingerprint density at radius 3 is 1.91 bits per heavy atom. The van der Waals surface area contributed by atoms with Gasteiger partial charge >= 0.3 is 5.97 Å². The Hall–Kier alpha value is -3.73. The Balaban J connectivity index is 1.98. The number of carbonyl (C=O) groups excluding carboxylic acids is 1. The first kappa shape index (κ1) is 22.5. The Bertz CT molecular complexity index is 1140. The van der Waals surface area contributed by atoms with Gasteiger partial charge in [-0.1, -0.05) is 60.7 Å². The van der Waals surface area contributed by atoms with Gasteiger partial charge in [0.25, 0.3) is 0 Å². The average Bonchev–Trinajstić information content (AvgIpc) is 3.52. The molecule has 0 bridgehead atoms. The number of esters is 1. The van der Waals surface area contributed by atoms with Crippen molar-refractivity contribution >= 4 is 11.5 Å². The first-order chi connectivity index (χ1) is 16.1. The monoisotopic (exact) mass is 444 g/mol. The van der Waals surface area contributed by atoms with Gasteiger partial charge in [-0.15, -0.1) is 0 Å². The number of rotatable bonds is 9. The summed E-state index contributed by atoms with van der Waals surface area (Å²) in [4.78, 5) is 13.8. The van der Waals surface area contributed by atoms with Gasteiger partial charge in [0, 0.05) is 12.1 Å². The zero-order valence-corrected chi connectivity index (χ0v) is 19.4. The molecule has 0 radical (unpaired) electrons. The quantitative estimate of drug-likeness (QED) is 0.424. The molecule has 5 heteroatoms. The van der Waals surface area contributed by atoms with Crippen molar-refractivity contribution in [2.45, 2.75) is 18.8 Å². The molecule has 0 aromatic heterocycles. The molecule has 33 heavy (non-hydrogen) atoms. The first-order valence-corrected chi connectivity index (χ1v) is 10.9. The second-order valence-electron chi connectivity index (χ2n) is 7.76. The largest absolute Gasteiger partial charge is 0.496 e. The lowest BCUT2D eigenvalue weighted by atomic mass is 9.83. The average molecular weight is 445 g/mol. The molecule has 0 saturated carbocycles. The van der Waals surface area contributed by atoms with Crippen molar-refractivity contribution < 1.29 is 23.7 Å². The van der Waals surface area contributed by atoms with Crippen molar-refractivity contribution in [3.63, 3.8) is 0 Å². The fourth-order valence-corrected chi connectivity index (χ4v) is 4.57. The van der Waals surface area contributed by atoms with E-state index in [2.05, 4.69) is 12.1 Å². The molecule has 1 atom stereocenters. The van der Waals surface area contributed by atoms with Crippen LogP contribution in [0.4, 0.5) is 0 Å². The van der Waals surface area contributed by atoms with Crippen molar-refractivity contribution in [1.29, 1.82) is 0 Å². The Morgan fingerprint density at radius 1 is 0.818 bits per heavy atom. The number of ether oxygens (including phenoxy) is 4. The van der Waals surface area contributed by atoms with Crippen LogP contribution in [-0.2, 0) is 21.4 Å². The molecule has 0 fully saturated rings. The van der Waals surface area contributed by atoms with E-state index < -0.39 is 5.41 Å². The molecule has 0 N–H and O–H groups in total. The van der Waals surface area contributed by atoms with Gasteiger partial charge in [-0.05, 0) is 35.6 Å². The van der Waals surface area contributed by atoms with Crippen LogP contribution in [0, 0.1) is 0 Å². The van der Waals surface area contributed by atoms with Crippen molar-refractivity contribution in [2.24, 2.45) is 0 Å². The van der Waals surface area contributed by atoms with Crippen molar-refractivity contribution in [2.75, 3.05) is 27.9 Å². The van der Waals surface area contributed by atoms with E-state index in [1.165, 1.54) is 0 Å². The van der Waals surface area contributed by atoms with Gasteiger partial charge in [0.15, 0.2) is 0 Å². The van der Waals surface area contributed by atoms with E-state index in [4.69, 9.17) is 18.9 Å². The first-order valence-electron chi connectivity index (χ1n) is 10.9. The zero-order chi connectivity index (χ0) is 23.4. The van der Waals surface area contributed by atoms with Crippen LogP contribution in [0.2, 0.25) is 0 Å². The van der Waals surface area contributed by atoms with Crippen LogP contribution >= 0.6 is 0 Å². The Morgan fingerprint density at radius 2 is 1.39 bits per heavy atom. The van der Waals surface area contributed by atoms with Crippen LogP contribution < -0.4 is 14.2 Å². The van der Waals surface area contributed by atoms with E-state index >= 15 is 0 Å². The summed E-state index contributed by atoms with van der Waals surface area (Å²) < 4.78 is 22.7. The van der Waals surface area contributed by atoms with E-state index in [1.807, 2.05) is 55.5 Å². The molecule has 0 aliphatic heterocycles. The highest BCUT2D eigenvalue weighted by Crippen LogP contribution is 2.65. The maximum atomic E-state index is 13.8. The van der Waals surface area contributed by atoms with E-state index in [1.54, 1.807) is 33.5 Å². The molecule has 3 aromatic rings. The van der Waals surface area contributed by atoms with E-state index in [9.17, 15) is 4.79 Å². The van der Waals surface area contributed by atoms with E-state index in [0.29, 0.717) is 29.2 Å². The number of hydrogen-bond donors (Lipinski definition) is 0. The normalized spacial score (nSPS) is 16.8. The van der Waals surface area contributed by atoms with Gasteiger partial charge in [0.2, 0.25) is 0 Å². The second-order valence-corrected chi connectivity index (χ2v) is 7.76. The van der Waals surface area contributed by atoms with Gasteiger partial charge in [-0.3, -0.25) is 4.79 Å². The van der Waals surface area contributed by atoms with Crippen LogP contribution in [0.5, 0.6) is 17.2 Å². The lowest BCUT2D eigenvalue weighted by Crippen LogP contribution is -2.30. The molecule has 0 heterocycles. The molecule has 0 amide bonds. The summed E-state index contributed by atoms with van der Waals surface area (Å²) in [6.45, 7) is 2.08. The molecule has 0 saturated heterocycles. The second kappa shape index (κ2) is 9.41. The number of hydrogen-bond acceptors (Lipinski definition) is 5. The number of benzene rings is 3. The smallest absolute Gasteiger partial charge is 0.325 e. The minimum absolute atomic E-state index is 0.266. The van der Waals surface area contributed by atoms with Crippen LogP contribution in [0.15, 0.2) is 78.4 Å². The minimum atomic E-state index is -1.11. The van der Waals surface area contributed by atoms with Gasteiger partial charge in [0.1, 0.15) is 22.7 Å². The molecular formula is C28H28O5. The summed E-state index contributed by atoms with van der Waals surface area (Å²) in [5.74, 6) is 1.26. The van der Waals surface area contributed by atoms with Crippen LogP contribution in [0.1, 0.15) is 23.6 Å².